The van der Waals surface area contributed by atoms with Crippen LogP contribution in [0.3, 0.4) is 0 Å². The van der Waals surface area contributed by atoms with E-state index in [-0.39, 0.29) is 17.6 Å². The van der Waals surface area contributed by atoms with E-state index >= 15 is 0 Å². The normalized spacial score (nSPS) is 18.9. The van der Waals surface area contributed by atoms with Crippen molar-refractivity contribution >= 4 is 17.4 Å². The molecule has 1 heterocycles. The van der Waals surface area contributed by atoms with Crippen molar-refractivity contribution in [1.29, 1.82) is 0 Å². The molecule has 2 aromatic carbocycles. The van der Waals surface area contributed by atoms with Crippen molar-refractivity contribution in [3.05, 3.63) is 77.4 Å². The molecule has 1 aliphatic heterocycles. The van der Waals surface area contributed by atoms with Crippen LogP contribution in [0.4, 0.5) is 5.69 Å². The van der Waals surface area contributed by atoms with Crippen molar-refractivity contribution in [2.24, 2.45) is 0 Å². The quantitative estimate of drug-likeness (QED) is 0.622. The third kappa shape index (κ3) is 3.52. The topological polar surface area (TPSA) is 57.6 Å². The Kier molecular flexibility index (Phi) is 5.02. The molecule has 1 aliphatic rings. The molecule has 0 bridgehead atoms. The second kappa shape index (κ2) is 7.02. The molecule has 1 N–H and O–H groups in total. The minimum atomic E-state index is -1.86. The van der Waals surface area contributed by atoms with Crippen LogP contribution >= 0.6 is 0 Å². The molecule has 1 amide bonds. The summed E-state index contributed by atoms with van der Waals surface area (Å²) in [5, 5.41) is 11.3. The highest BCUT2D eigenvalue weighted by atomic mass is 16.3. The number of hydrogen-bond acceptors (Lipinski definition) is 3. The average Bonchev–Trinajstić information content (AvgIpc) is 2.83. The van der Waals surface area contributed by atoms with Gasteiger partial charge in [0, 0.05) is 17.7 Å². The summed E-state index contributed by atoms with van der Waals surface area (Å²) >= 11 is 0. The lowest BCUT2D eigenvalue weighted by atomic mass is 9.85. The van der Waals surface area contributed by atoms with E-state index in [2.05, 4.69) is 27.4 Å². The van der Waals surface area contributed by atoms with E-state index in [1.54, 1.807) is 30.3 Å². The van der Waals surface area contributed by atoms with Gasteiger partial charge < -0.3 is 10.0 Å². The smallest absolute Gasteiger partial charge is 0.264 e. The maximum atomic E-state index is 13.1. The summed E-state index contributed by atoms with van der Waals surface area (Å²) < 4.78 is 0. The van der Waals surface area contributed by atoms with E-state index in [1.165, 1.54) is 4.90 Å². The van der Waals surface area contributed by atoms with Gasteiger partial charge in [-0.15, -0.1) is 0 Å². The summed E-state index contributed by atoms with van der Waals surface area (Å²) in [6, 6.07) is 14.5. The first-order chi connectivity index (χ1) is 13.0. The van der Waals surface area contributed by atoms with Gasteiger partial charge in [-0.1, -0.05) is 75.4 Å². The van der Waals surface area contributed by atoms with Crippen molar-refractivity contribution in [2.45, 2.75) is 45.1 Å². The summed E-state index contributed by atoms with van der Waals surface area (Å²) in [5.41, 5.74) is 1.66. The number of anilines is 1. The molecule has 0 unspecified atom stereocenters. The largest absolute Gasteiger partial charge is 0.375 e. The standard InChI is InChI=1S/C24H27NO3/c1-16(2)15-25-20-9-7-6-8-19(20)24(28,22(25)27)14-21(26)17-10-12-18(13-11-17)23(3,4)5/h6-13,28H,1,14-15H2,2-5H3/t24-/m0/s1. The van der Waals surface area contributed by atoms with Crippen LogP contribution in [0.1, 0.15) is 55.6 Å². The van der Waals surface area contributed by atoms with Crippen LogP contribution in [0.2, 0.25) is 0 Å². The molecule has 0 saturated heterocycles. The van der Waals surface area contributed by atoms with Crippen molar-refractivity contribution in [2.75, 3.05) is 11.4 Å². The Labute approximate surface area is 166 Å². The summed E-state index contributed by atoms with van der Waals surface area (Å²) in [4.78, 5) is 27.5. The molecule has 0 aliphatic carbocycles. The molecule has 4 nitrogen and oxygen atoms in total. The number of Topliss-reactive ketones (excluding diaryl/α,β-unsaturated/α-hetero) is 1. The first kappa shape index (κ1) is 20.0. The van der Waals surface area contributed by atoms with Gasteiger partial charge in [0.15, 0.2) is 11.4 Å². The molecule has 0 fully saturated rings. The third-order valence-electron chi connectivity index (χ3n) is 5.16. The Morgan fingerprint density at radius 2 is 1.71 bits per heavy atom. The molecule has 0 saturated carbocycles. The van der Waals surface area contributed by atoms with E-state index in [1.807, 2.05) is 25.1 Å². The first-order valence-electron chi connectivity index (χ1n) is 9.46. The molecule has 4 heteroatoms. The van der Waals surface area contributed by atoms with Gasteiger partial charge in [-0.25, -0.2) is 0 Å². The van der Waals surface area contributed by atoms with Gasteiger partial charge in [-0.05, 0) is 24.0 Å². The molecule has 0 aromatic heterocycles. The van der Waals surface area contributed by atoms with Gasteiger partial charge in [0.1, 0.15) is 0 Å². The fourth-order valence-corrected chi connectivity index (χ4v) is 3.59. The second-order valence-electron chi connectivity index (χ2n) is 8.65. The highest BCUT2D eigenvalue weighted by molar-refractivity contribution is 6.11. The number of hydrogen-bond donors (Lipinski definition) is 1. The van der Waals surface area contributed by atoms with E-state index in [0.29, 0.717) is 23.4 Å². The summed E-state index contributed by atoms with van der Waals surface area (Å²) in [6.45, 7) is 12.3. The van der Waals surface area contributed by atoms with E-state index in [4.69, 9.17) is 0 Å². The number of para-hydroxylation sites is 1. The minimum Gasteiger partial charge on any atom is -0.375 e. The summed E-state index contributed by atoms with van der Waals surface area (Å²) in [6.07, 6.45) is -0.287. The van der Waals surface area contributed by atoms with Crippen molar-refractivity contribution in [3.63, 3.8) is 0 Å². The van der Waals surface area contributed by atoms with Crippen molar-refractivity contribution in [3.8, 4) is 0 Å². The van der Waals surface area contributed by atoms with Crippen molar-refractivity contribution < 1.29 is 14.7 Å². The highest BCUT2D eigenvalue weighted by Crippen LogP contribution is 2.43. The predicted molar refractivity (Wildman–Crippen MR) is 112 cm³/mol. The lowest BCUT2D eigenvalue weighted by Crippen LogP contribution is -2.42. The van der Waals surface area contributed by atoms with Crippen LogP contribution in [0.5, 0.6) is 0 Å². The Morgan fingerprint density at radius 1 is 1.11 bits per heavy atom. The molecule has 1 atom stereocenters. The zero-order valence-electron chi connectivity index (χ0n) is 17.0. The average molecular weight is 377 g/mol. The number of ketones is 1. The maximum absolute atomic E-state index is 13.1. The van der Waals surface area contributed by atoms with E-state index in [9.17, 15) is 14.7 Å². The molecule has 146 valence electrons. The van der Waals surface area contributed by atoms with Crippen LogP contribution in [0, 0.1) is 0 Å². The minimum absolute atomic E-state index is 0.0107. The maximum Gasteiger partial charge on any atom is 0.264 e. The molecular weight excluding hydrogens is 350 g/mol. The van der Waals surface area contributed by atoms with Crippen LogP contribution in [0.15, 0.2) is 60.7 Å². The van der Waals surface area contributed by atoms with Gasteiger partial charge in [-0.2, -0.15) is 0 Å². The highest BCUT2D eigenvalue weighted by Gasteiger charge is 2.50. The lowest BCUT2D eigenvalue weighted by molar-refractivity contribution is -0.135. The number of carbonyl (C=O) groups is 2. The fourth-order valence-electron chi connectivity index (χ4n) is 3.59. The monoisotopic (exact) mass is 377 g/mol. The summed E-state index contributed by atoms with van der Waals surface area (Å²) in [5.74, 6) is -0.736. The number of rotatable bonds is 5. The number of amides is 1. The Hall–Kier alpha value is -2.72. The third-order valence-corrected chi connectivity index (χ3v) is 5.16. The van der Waals surface area contributed by atoms with Crippen LogP contribution in [-0.2, 0) is 15.8 Å². The van der Waals surface area contributed by atoms with Gasteiger partial charge in [0.05, 0.1) is 12.1 Å². The zero-order valence-corrected chi connectivity index (χ0v) is 17.0. The van der Waals surface area contributed by atoms with Gasteiger partial charge in [-0.3, -0.25) is 9.59 Å². The molecular formula is C24H27NO3. The Bertz CT molecular complexity index is 937. The van der Waals surface area contributed by atoms with Crippen molar-refractivity contribution in [1.82, 2.24) is 0 Å². The lowest BCUT2D eigenvalue weighted by Gasteiger charge is -2.23. The van der Waals surface area contributed by atoms with Gasteiger partial charge in [0.2, 0.25) is 0 Å². The molecule has 28 heavy (non-hydrogen) atoms. The molecule has 2 aromatic rings. The van der Waals surface area contributed by atoms with E-state index in [0.717, 1.165) is 11.1 Å². The Balaban J connectivity index is 1.91. The number of fused-ring (bicyclic) bond motifs is 1. The molecule has 0 spiro atoms. The number of nitrogens with zero attached hydrogens (tertiary/aromatic N) is 1. The number of benzene rings is 2. The number of aliphatic hydroxyl groups is 1. The Morgan fingerprint density at radius 3 is 2.29 bits per heavy atom. The zero-order chi connectivity index (χ0) is 20.7. The predicted octanol–water partition coefficient (Wildman–Crippen LogP) is 4.37. The molecule has 3 rings (SSSR count). The fraction of sp³-hybridized carbons (Fsp3) is 0.333. The van der Waals surface area contributed by atoms with Gasteiger partial charge in [0.25, 0.3) is 5.91 Å². The van der Waals surface area contributed by atoms with Crippen LogP contribution in [0.25, 0.3) is 0 Å². The van der Waals surface area contributed by atoms with Crippen LogP contribution < -0.4 is 4.90 Å². The molecule has 0 radical (unpaired) electrons. The number of carbonyl (C=O) groups excluding carboxylic acids is 2. The van der Waals surface area contributed by atoms with E-state index < -0.39 is 11.5 Å². The second-order valence-corrected chi connectivity index (χ2v) is 8.65. The summed E-state index contributed by atoms with van der Waals surface area (Å²) in [7, 11) is 0. The van der Waals surface area contributed by atoms with Crippen LogP contribution in [-0.4, -0.2) is 23.3 Å². The SMILES string of the molecule is C=C(C)CN1C(=O)[C@](O)(CC(=O)c2ccc(C(C)(C)C)cc2)c2ccccc21. The van der Waals surface area contributed by atoms with Gasteiger partial charge >= 0.3 is 0 Å². The first-order valence-corrected chi connectivity index (χ1v) is 9.46.